The monoisotopic (exact) mass is 297 g/mol. The molecule has 0 heterocycles. The van der Waals surface area contributed by atoms with Crippen molar-refractivity contribution in [2.45, 2.75) is 59.0 Å². The molecule has 0 aromatic carbocycles. The Balaban J connectivity index is 4.59. The molecule has 0 spiro atoms. The first-order chi connectivity index (χ1) is 9.01. The van der Waals surface area contributed by atoms with Gasteiger partial charge in [0.2, 0.25) is 0 Å². The maximum absolute atomic E-state index is 12.0. The summed E-state index contributed by atoms with van der Waals surface area (Å²) >= 11 is 0. The van der Waals surface area contributed by atoms with Crippen LogP contribution in [-0.4, -0.2) is 43.0 Å². The molecule has 1 unspecified atom stereocenters. The average molecular weight is 297 g/mol. The molecule has 0 bridgehead atoms. The molecule has 0 aromatic heterocycles. The van der Waals surface area contributed by atoms with E-state index < -0.39 is 43.0 Å². The van der Waals surface area contributed by atoms with Crippen molar-refractivity contribution in [2.24, 2.45) is 0 Å². The van der Waals surface area contributed by atoms with Crippen LogP contribution in [0.15, 0.2) is 0 Å². The molecule has 6 nitrogen and oxygen atoms in total. The number of halogens is 2. The van der Waals surface area contributed by atoms with Crippen molar-refractivity contribution in [1.82, 2.24) is 5.32 Å². The van der Waals surface area contributed by atoms with Crippen molar-refractivity contribution >= 4 is 12.1 Å². The third-order valence-corrected chi connectivity index (χ3v) is 1.72. The van der Waals surface area contributed by atoms with E-state index in [1.54, 1.807) is 34.6 Å². The number of alkyl halides is 2. The lowest BCUT2D eigenvalue weighted by Gasteiger charge is -2.23. The number of carbonyl (C=O) groups excluding carboxylic acids is 2. The van der Waals surface area contributed by atoms with E-state index in [1.807, 2.05) is 0 Å². The zero-order chi connectivity index (χ0) is 15.9. The first-order valence-corrected chi connectivity index (χ1v) is 6.11. The second-order valence-electron chi connectivity index (χ2n) is 5.28. The molecule has 8 heteroatoms. The fraction of sp³-hybridized carbons (Fsp3) is 0.833. The molecular formula is C12H21F2NO5. The van der Waals surface area contributed by atoms with Gasteiger partial charge in [-0.1, -0.05) is 0 Å². The van der Waals surface area contributed by atoms with Gasteiger partial charge in [0.05, 0.1) is 12.7 Å². The summed E-state index contributed by atoms with van der Waals surface area (Å²) in [6.45, 7) is 4.32. The Kier molecular flexibility index (Phi) is 7.41. The van der Waals surface area contributed by atoms with Crippen LogP contribution in [0.2, 0.25) is 0 Å². The van der Waals surface area contributed by atoms with Gasteiger partial charge in [-0.15, -0.1) is 0 Å². The van der Waals surface area contributed by atoms with Crippen LogP contribution in [0.5, 0.6) is 0 Å². The Hall–Kier alpha value is -1.44. The van der Waals surface area contributed by atoms with E-state index >= 15 is 0 Å². The first kappa shape index (κ1) is 18.6. The van der Waals surface area contributed by atoms with Crippen molar-refractivity contribution in [3.05, 3.63) is 0 Å². The zero-order valence-electron chi connectivity index (χ0n) is 12.2. The van der Waals surface area contributed by atoms with Gasteiger partial charge in [0.1, 0.15) is 5.60 Å². The van der Waals surface area contributed by atoms with Gasteiger partial charge in [-0.05, 0) is 34.6 Å². The molecule has 0 aromatic rings. The summed E-state index contributed by atoms with van der Waals surface area (Å²) < 4.78 is 37.8. The Labute approximate surface area is 116 Å². The molecular weight excluding hydrogens is 276 g/mol. The van der Waals surface area contributed by atoms with Crippen LogP contribution in [0, 0.1) is 0 Å². The van der Waals surface area contributed by atoms with Crippen molar-refractivity contribution in [2.75, 3.05) is 6.61 Å². The van der Waals surface area contributed by atoms with Crippen molar-refractivity contribution < 1.29 is 32.6 Å². The second kappa shape index (κ2) is 7.98. The molecule has 0 aliphatic carbocycles. The first-order valence-electron chi connectivity index (χ1n) is 6.11. The van der Waals surface area contributed by atoms with Gasteiger partial charge in [-0.25, -0.2) is 9.59 Å². The summed E-state index contributed by atoms with van der Waals surface area (Å²) in [4.78, 5) is 23.2. The molecule has 1 atom stereocenters. The van der Waals surface area contributed by atoms with Crippen molar-refractivity contribution in [3.8, 4) is 0 Å². The number of esters is 1. The smallest absolute Gasteiger partial charge is 0.408 e. The maximum atomic E-state index is 12.0. The lowest BCUT2D eigenvalue weighted by atomic mass is 10.2. The fourth-order valence-electron chi connectivity index (χ4n) is 1.10. The van der Waals surface area contributed by atoms with Gasteiger partial charge in [-0.3, -0.25) is 0 Å². The highest BCUT2D eigenvalue weighted by atomic mass is 19.3. The Morgan fingerprint density at radius 3 is 2.15 bits per heavy atom. The maximum Gasteiger partial charge on any atom is 0.408 e. The van der Waals surface area contributed by atoms with E-state index in [1.165, 1.54) is 0 Å². The van der Waals surface area contributed by atoms with Crippen LogP contribution < -0.4 is 5.32 Å². The summed E-state index contributed by atoms with van der Waals surface area (Å²) in [5, 5.41) is 2.14. The highest BCUT2D eigenvalue weighted by Gasteiger charge is 2.27. The molecule has 1 N–H and O–H groups in total. The fourth-order valence-corrected chi connectivity index (χ4v) is 1.10. The van der Waals surface area contributed by atoms with E-state index in [0.717, 1.165) is 0 Å². The lowest BCUT2D eigenvalue weighted by Crippen LogP contribution is -2.47. The number of ether oxygens (including phenoxy) is 3. The largest absolute Gasteiger partial charge is 0.461 e. The summed E-state index contributed by atoms with van der Waals surface area (Å²) in [6, 6.07) is -1.36. The number of amides is 1. The quantitative estimate of drug-likeness (QED) is 0.760. The molecule has 0 radical (unpaired) electrons. The minimum atomic E-state index is -3.05. The summed E-state index contributed by atoms with van der Waals surface area (Å²) in [7, 11) is 0. The predicted molar refractivity (Wildman–Crippen MR) is 66.3 cm³/mol. The van der Waals surface area contributed by atoms with Gasteiger partial charge in [0.25, 0.3) is 0 Å². The highest BCUT2D eigenvalue weighted by molar-refractivity contribution is 5.81. The normalized spacial score (nSPS) is 13.2. The number of carbonyl (C=O) groups is 2. The molecule has 0 aliphatic rings. The minimum absolute atomic E-state index is 0.447. The van der Waals surface area contributed by atoms with Gasteiger partial charge in [0, 0.05) is 0 Å². The molecule has 0 saturated heterocycles. The number of alkyl carbamates (subject to hydrolysis) is 1. The zero-order valence-corrected chi connectivity index (χ0v) is 12.2. The van der Waals surface area contributed by atoms with Crippen LogP contribution in [-0.2, 0) is 19.0 Å². The van der Waals surface area contributed by atoms with Gasteiger partial charge < -0.3 is 19.5 Å². The van der Waals surface area contributed by atoms with Crippen LogP contribution in [0.25, 0.3) is 0 Å². The third kappa shape index (κ3) is 9.48. The number of hydrogen-bond donors (Lipinski definition) is 1. The standard InChI is InChI=1S/C12H21F2NO5/c1-7(2)19-9(16)8(6-18-10(13)14)15-11(17)20-12(3,4)5/h7-8,10H,6H2,1-5H3,(H,15,17). The second-order valence-corrected chi connectivity index (χ2v) is 5.28. The van der Waals surface area contributed by atoms with E-state index in [0.29, 0.717) is 0 Å². The van der Waals surface area contributed by atoms with Crippen molar-refractivity contribution in [3.63, 3.8) is 0 Å². The molecule has 0 saturated carbocycles. The Morgan fingerprint density at radius 1 is 1.20 bits per heavy atom. The molecule has 0 rings (SSSR count). The number of rotatable bonds is 6. The van der Waals surface area contributed by atoms with Gasteiger partial charge in [-0.2, -0.15) is 8.78 Å². The topological polar surface area (TPSA) is 73.9 Å². The SMILES string of the molecule is CC(C)OC(=O)C(COC(F)F)NC(=O)OC(C)(C)C. The van der Waals surface area contributed by atoms with Gasteiger partial charge in [0.15, 0.2) is 6.04 Å². The van der Waals surface area contributed by atoms with Crippen LogP contribution >= 0.6 is 0 Å². The summed E-state index contributed by atoms with van der Waals surface area (Å²) in [5.41, 5.74) is -0.778. The summed E-state index contributed by atoms with van der Waals surface area (Å²) in [5.74, 6) is -0.869. The van der Waals surface area contributed by atoms with E-state index in [9.17, 15) is 18.4 Å². The molecule has 0 fully saturated rings. The number of hydrogen-bond acceptors (Lipinski definition) is 5. The lowest BCUT2D eigenvalue weighted by molar-refractivity contribution is -0.161. The van der Waals surface area contributed by atoms with E-state index in [4.69, 9.17) is 9.47 Å². The van der Waals surface area contributed by atoms with E-state index in [2.05, 4.69) is 10.1 Å². The van der Waals surface area contributed by atoms with Crippen LogP contribution in [0.4, 0.5) is 13.6 Å². The molecule has 118 valence electrons. The Bertz CT molecular complexity index is 328. The predicted octanol–water partition coefficient (Wildman–Crippen LogP) is 2.07. The average Bonchev–Trinajstić information content (AvgIpc) is 2.19. The van der Waals surface area contributed by atoms with E-state index in [-0.39, 0.29) is 0 Å². The third-order valence-electron chi connectivity index (χ3n) is 1.72. The van der Waals surface area contributed by atoms with Crippen molar-refractivity contribution in [1.29, 1.82) is 0 Å². The Morgan fingerprint density at radius 2 is 1.75 bits per heavy atom. The summed E-state index contributed by atoms with van der Waals surface area (Å²) in [6.07, 6.45) is -1.36. The van der Waals surface area contributed by atoms with Crippen LogP contribution in [0.3, 0.4) is 0 Å². The highest BCUT2D eigenvalue weighted by Crippen LogP contribution is 2.08. The number of nitrogens with one attached hydrogen (secondary N) is 1. The van der Waals surface area contributed by atoms with Gasteiger partial charge >= 0.3 is 18.7 Å². The minimum Gasteiger partial charge on any atom is -0.461 e. The molecule has 20 heavy (non-hydrogen) atoms. The molecule has 0 aliphatic heterocycles. The van der Waals surface area contributed by atoms with Crippen LogP contribution in [0.1, 0.15) is 34.6 Å². The molecule has 1 amide bonds.